The van der Waals surface area contributed by atoms with Crippen molar-refractivity contribution < 1.29 is 34.5 Å². The van der Waals surface area contributed by atoms with E-state index in [9.17, 15) is 44.1 Å². The molecule has 19 heteroatoms. The highest BCUT2D eigenvalue weighted by molar-refractivity contribution is 8.00. The number of hydrogen-bond acceptors (Lipinski definition) is 12. The first-order valence-corrected chi connectivity index (χ1v) is 16.9. The molecule has 0 aliphatic carbocycles. The summed E-state index contributed by atoms with van der Waals surface area (Å²) in [5.41, 5.74) is -1.71. The third-order valence-corrected chi connectivity index (χ3v) is 11.3. The monoisotopic (exact) mass is 710 g/mol. The second-order valence-electron chi connectivity index (χ2n) is 11.4. The van der Waals surface area contributed by atoms with Crippen molar-refractivity contribution in [3.05, 3.63) is 69.4 Å². The van der Waals surface area contributed by atoms with Crippen molar-refractivity contribution in [1.82, 2.24) is 34.1 Å². The van der Waals surface area contributed by atoms with E-state index in [1.807, 2.05) is 0 Å². The van der Waals surface area contributed by atoms with E-state index >= 15 is 0 Å². The zero-order valence-electron chi connectivity index (χ0n) is 26.0. The Labute approximate surface area is 285 Å². The zero-order chi connectivity index (χ0) is 35.2. The van der Waals surface area contributed by atoms with Crippen LogP contribution in [0, 0.1) is 5.41 Å². The van der Waals surface area contributed by atoms with Crippen molar-refractivity contribution in [2.75, 3.05) is 29.5 Å². The van der Waals surface area contributed by atoms with Gasteiger partial charge in [-0.2, -0.15) is 0 Å². The van der Waals surface area contributed by atoms with Gasteiger partial charge in [-0.25, -0.2) is 14.2 Å². The second kappa shape index (κ2) is 13.0. The van der Waals surface area contributed by atoms with E-state index in [-0.39, 0.29) is 41.2 Å². The van der Waals surface area contributed by atoms with Crippen LogP contribution >= 0.6 is 23.5 Å². The van der Waals surface area contributed by atoms with Gasteiger partial charge in [0.15, 0.2) is 5.16 Å². The van der Waals surface area contributed by atoms with Crippen molar-refractivity contribution >= 4 is 64.1 Å². The molecule has 256 valence electrons. The number of benzene rings is 2. The fraction of sp³-hybridized carbons (Fsp3) is 0.333. The number of carbonyl (C=O) groups excluding carboxylic acids is 3. The minimum Gasteiger partial charge on any atom is -0.508 e. The molecule has 0 spiro atoms. The molecule has 2 aromatic carbocycles. The highest BCUT2D eigenvalue weighted by Crippen LogP contribution is 2.46. The first kappa shape index (κ1) is 33.6. The lowest BCUT2D eigenvalue weighted by Gasteiger charge is -2.56. The topological polar surface area (TPSA) is 222 Å². The maximum absolute atomic E-state index is 13.8. The number of aromatic hydroxyl groups is 2. The van der Waals surface area contributed by atoms with Crippen molar-refractivity contribution in [2.24, 2.45) is 12.5 Å². The van der Waals surface area contributed by atoms with E-state index < -0.39 is 64.3 Å². The van der Waals surface area contributed by atoms with Gasteiger partial charge in [0.25, 0.3) is 5.88 Å². The summed E-state index contributed by atoms with van der Waals surface area (Å²) in [7, 11) is 1.52. The molecule has 2 unspecified atom stereocenters. The van der Waals surface area contributed by atoms with E-state index in [1.165, 1.54) is 62.0 Å². The lowest BCUT2D eigenvalue weighted by Crippen LogP contribution is -2.75. The number of fused-ring (bicyclic) bond motifs is 2. The van der Waals surface area contributed by atoms with Gasteiger partial charge in [0.1, 0.15) is 22.6 Å². The summed E-state index contributed by atoms with van der Waals surface area (Å²) in [6, 6.07) is 10.3. The van der Waals surface area contributed by atoms with E-state index in [0.29, 0.717) is 11.0 Å². The molecule has 17 nitrogen and oxygen atoms in total. The molecule has 3 atom stereocenters. The normalized spacial score (nSPS) is 20.0. The second-order valence-corrected chi connectivity index (χ2v) is 13.5. The maximum atomic E-state index is 13.8. The fourth-order valence-electron chi connectivity index (χ4n) is 5.85. The number of rotatable bonds is 9. The van der Waals surface area contributed by atoms with Crippen molar-refractivity contribution in [2.45, 2.75) is 30.0 Å². The van der Waals surface area contributed by atoms with Crippen LogP contribution in [-0.2, 0) is 28.0 Å². The molecule has 0 bridgehead atoms. The quantitative estimate of drug-likeness (QED) is 0.137. The number of phenols is 1. The Morgan fingerprint density at radius 2 is 1.76 bits per heavy atom. The summed E-state index contributed by atoms with van der Waals surface area (Å²) in [4.78, 5) is 81.1. The Morgan fingerprint density at radius 1 is 1.06 bits per heavy atom. The van der Waals surface area contributed by atoms with E-state index in [4.69, 9.17) is 0 Å². The molecule has 4 aromatic rings. The van der Waals surface area contributed by atoms with Crippen LogP contribution in [-0.4, -0.2) is 104 Å². The average molecular weight is 711 g/mol. The Bertz CT molecular complexity index is 2110. The summed E-state index contributed by atoms with van der Waals surface area (Å²) in [5, 5.41) is 39.1. The van der Waals surface area contributed by atoms with Gasteiger partial charge >= 0.3 is 23.2 Å². The number of carboxylic acid groups (broad SMARTS) is 1. The molecule has 0 radical (unpaired) electrons. The highest BCUT2D eigenvalue weighted by atomic mass is 32.2. The Hall–Kier alpha value is -5.30. The van der Waals surface area contributed by atoms with Crippen molar-refractivity contribution in [3.8, 4) is 11.6 Å². The van der Waals surface area contributed by atoms with Gasteiger partial charge in [0.2, 0.25) is 11.8 Å². The SMILES string of the molecule is CCn1c(SCC2(C(=O)O)CS[C@@H]3C(N(C(=O)CNC(=O)n4c(=O)n(C)c5ccccc54)c4ccc(O)cc4)C(=O)N3C2)nnc(O)c1=O. The van der Waals surface area contributed by atoms with Gasteiger partial charge in [-0.05, 0) is 43.3 Å². The summed E-state index contributed by atoms with van der Waals surface area (Å²) >= 11 is 2.14. The number of hydrogen-bond donors (Lipinski definition) is 4. The highest BCUT2D eigenvalue weighted by Gasteiger charge is 2.59. The molecule has 6 rings (SSSR count). The fourth-order valence-corrected chi connectivity index (χ4v) is 8.75. The summed E-state index contributed by atoms with van der Waals surface area (Å²) in [5.74, 6) is -3.26. The van der Waals surface area contributed by atoms with Gasteiger partial charge < -0.3 is 25.5 Å². The number of amides is 3. The number of nitrogens with one attached hydrogen (secondary N) is 1. The number of para-hydroxylation sites is 2. The number of anilines is 1. The lowest BCUT2D eigenvalue weighted by molar-refractivity contribution is -0.156. The van der Waals surface area contributed by atoms with Crippen molar-refractivity contribution in [1.29, 1.82) is 0 Å². The summed E-state index contributed by atoms with van der Waals surface area (Å²) in [6.45, 7) is 1.05. The molecule has 2 aliphatic rings. The van der Waals surface area contributed by atoms with Gasteiger partial charge in [-0.15, -0.1) is 22.0 Å². The third-order valence-electron chi connectivity index (χ3n) is 8.49. The van der Waals surface area contributed by atoms with Crippen LogP contribution in [0.3, 0.4) is 0 Å². The van der Waals surface area contributed by atoms with Crippen LogP contribution in [0.25, 0.3) is 11.0 Å². The predicted octanol–water partition coefficient (Wildman–Crippen LogP) is 0.461. The van der Waals surface area contributed by atoms with Crippen LogP contribution in [0.15, 0.2) is 63.3 Å². The molecule has 4 N–H and O–H groups in total. The zero-order valence-corrected chi connectivity index (χ0v) is 27.7. The van der Waals surface area contributed by atoms with Gasteiger partial charge in [-0.1, -0.05) is 23.9 Å². The number of nitrogens with zero attached hydrogens (tertiary/aromatic N) is 7. The minimum absolute atomic E-state index is 0.0422. The van der Waals surface area contributed by atoms with Crippen LogP contribution in [0.5, 0.6) is 11.6 Å². The van der Waals surface area contributed by atoms with E-state index in [1.54, 1.807) is 31.2 Å². The lowest BCUT2D eigenvalue weighted by atomic mass is 9.89. The first-order chi connectivity index (χ1) is 23.4. The molecule has 2 saturated heterocycles. The standard InChI is InChI=1S/C30H30N8O9S2/c1-3-35-24(43)22(41)32-33-28(35)49-15-30(26(44)45)13-36-23(42)21(25(36)48-14-30)37(16-8-10-17(39)11-9-16)20(40)12-31-27(46)38-19-7-5-4-6-18(19)34(2)29(38)47/h4-11,21,25,39H,3,12-15H2,1-2H3,(H,31,46)(H,32,41)(H,44,45)/t21?,25-,30?/m1/s1. The molecule has 2 aliphatic heterocycles. The molecular weight excluding hydrogens is 681 g/mol. The number of aryl methyl sites for hydroxylation is 1. The Morgan fingerprint density at radius 3 is 2.43 bits per heavy atom. The number of β-lactam (4-membered cyclic amide) rings is 1. The van der Waals surface area contributed by atoms with Gasteiger partial charge in [-0.3, -0.25) is 33.2 Å². The molecule has 49 heavy (non-hydrogen) atoms. The number of carbonyl (C=O) groups is 4. The largest absolute Gasteiger partial charge is 0.508 e. The smallest absolute Gasteiger partial charge is 0.337 e. The predicted molar refractivity (Wildman–Crippen MR) is 178 cm³/mol. The first-order valence-electron chi connectivity index (χ1n) is 14.9. The summed E-state index contributed by atoms with van der Waals surface area (Å²) < 4.78 is 3.38. The number of phenolic OH excluding ortho intramolecular Hbond substituents is 1. The molecule has 2 aromatic heterocycles. The average Bonchev–Trinajstić information content (AvgIpc) is 3.35. The maximum Gasteiger partial charge on any atom is 0.337 e. The van der Waals surface area contributed by atoms with Gasteiger partial charge in [0.05, 0.1) is 17.6 Å². The number of imidazole rings is 1. The molecule has 4 heterocycles. The van der Waals surface area contributed by atoms with Crippen molar-refractivity contribution in [3.63, 3.8) is 0 Å². The minimum atomic E-state index is -1.45. The van der Waals surface area contributed by atoms with Crippen LogP contribution < -0.4 is 21.5 Å². The molecular formula is C30H30N8O9S2. The molecule has 2 fully saturated rings. The number of aromatic nitrogens is 5. The van der Waals surface area contributed by atoms with E-state index in [2.05, 4.69) is 15.5 Å². The summed E-state index contributed by atoms with van der Waals surface area (Å²) in [6.07, 6.45) is 0. The number of carboxylic acids is 1. The molecule has 3 amide bonds. The third kappa shape index (κ3) is 5.77. The van der Waals surface area contributed by atoms with E-state index in [0.717, 1.165) is 16.3 Å². The van der Waals surface area contributed by atoms with Crippen LogP contribution in [0.2, 0.25) is 0 Å². The number of aliphatic carboxylic acids is 1. The Kier molecular flexibility index (Phi) is 8.88. The number of thioether (sulfide) groups is 2. The Balaban J connectivity index is 1.21. The van der Waals surface area contributed by atoms with Crippen LogP contribution in [0.4, 0.5) is 10.5 Å². The van der Waals surface area contributed by atoms with Crippen LogP contribution in [0.1, 0.15) is 6.92 Å². The molecule has 0 saturated carbocycles. The van der Waals surface area contributed by atoms with Gasteiger partial charge in [0, 0.05) is 37.3 Å².